The summed E-state index contributed by atoms with van der Waals surface area (Å²) in [5, 5.41) is 7.95. The van der Waals surface area contributed by atoms with Crippen LogP contribution in [0.5, 0.6) is 0 Å². The van der Waals surface area contributed by atoms with Gasteiger partial charge in [0.25, 0.3) is 0 Å². The molecule has 0 amide bonds. The number of hydrogen-bond donors (Lipinski definition) is 1. The Bertz CT molecular complexity index is 733. The van der Waals surface area contributed by atoms with Crippen molar-refractivity contribution in [1.82, 2.24) is 0 Å². The van der Waals surface area contributed by atoms with Gasteiger partial charge in [-0.15, -0.1) is 11.5 Å². The molecule has 0 aromatic heterocycles. The maximum Gasteiger partial charge on any atom is 0.180 e. The van der Waals surface area contributed by atoms with E-state index in [9.17, 15) is 4.39 Å². The molecule has 22 heavy (non-hydrogen) atoms. The van der Waals surface area contributed by atoms with Crippen LogP contribution in [0.4, 0.5) is 4.39 Å². The van der Waals surface area contributed by atoms with Crippen LogP contribution >= 0.6 is 11.8 Å². The number of hydrogen-bond acceptors (Lipinski definition) is 3. The first-order valence-corrected chi connectivity index (χ1v) is 7.47. The second-order valence-electron chi connectivity index (χ2n) is 4.30. The van der Waals surface area contributed by atoms with Crippen molar-refractivity contribution < 1.29 is 4.39 Å². The molecule has 2 N–H and O–H groups in total. The van der Waals surface area contributed by atoms with Gasteiger partial charge < -0.3 is 5.73 Å². The first-order valence-electron chi connectivity index (χ1n) is 6.49. The Labute approximate surface area is 133 Å². The summed E-state index contributed by atoms with van der Waals surface area (Å²) in [4.78, 5) is 0. The van der Waals surface area contributed by atoms with Crippen LogP contribution in [0.2, 0.25) is 0 Å². The van der Waals surface area contributed by atoms with E-state index in [1.807, 2.05) is 30.3 Å². The Hall–Kier alpha value is -2.58. The van der Waals surface area contributed by atoms with Crippen molar-refractivity contribution in [1.29, 1.82) is 0 Å². The highest BCUT2D eigenvalue weighted by atomic mass is 32.2. The zero-order chi connectivity index (χ0) is 15.8. The fraction of sp³-hybridized carbons (Fsp3) is 0.0588. The fourth-order valence-electron chi connectivity index (χ4n) is 1.70. The average Bonchev–Trinajstić information content (AvgIpc) is 2.55. The van der Waals surface area contributed by atoms with E-state index in [1.165, 1.54) is 24.0 Å². The number of terminal acetylenes is 1. The number of amidine groups is 1. The standard InChI is InChI=1S/C17H14FN3S/c1-2-14-9-6-10-16(18)15(14)11-20-21-17(19)22-12-13-7-4-3-5-8-13/h1,3-11H,12H2,(H2,19,21). The summed E-state index contributed by atoms with van der Waals surface area (Å²) in [6.45, 7) is 0. The van der Waals surface area contributed by atoms with Gasteiger partial charge in [-0.2, -0.15) is 5.10 Å². The van der Waals surface area contributed by atoms with Gasteiger partial charge in [-0.1, -0.05) is 54.1 Å². The third-order valence-corrected chi connectivity index (χ3v) is 3.64. The van der Waals surface area contributed by atoms with Crippen LogP contribution in [0.1, 0.15) is 16.7 Å². The molecule has 0 heterocycles. The van der Waals surface area contributed by atoms with Crippen molar-refractivity contribution in [2.75, 3.05) is 0 Å². The SMILES string of the molecule is C#Cc1cccc(F)c1C=NN=C(N)SCc1ccccc1. The topological polar surface area (TPSA) is 50.7 Å². The highest BCUT2D eigenvalue weighted by Gasteiger charge is 2.03. The summed E-state index contributed by atoms with van der Waals surface area (Å²) in [5.41, 5.74) is 7.55. The predicted molar refractivity (Wildman–Crippen MR) is 91.3 cm³/mol. The second kappa shape index (κ2) is 8.01. The van der Waals surface area contributed by atoms with E-state index in [0.29, 0.717) is 16.5 Å². The van der Waals surface area contributed by atoms with Crippen LogP contribution in [0.25, 0.3) is 0 Å². The van der Waals surface area contributed by atoms with Crippen LogP contribution in [-0.2, 0) is 5.75 Å². The smallest absolute Gasteiger partial charge is 0.180 e. The molecule has 110 valence electrons. The Morgan fingerprint density at radius 2 is 2.00 bits per heavy atom. The molecule has 0 saturated carbocycles. The number of halogens is 1. The molecule has 0 aliphatic heterocycles. The Morgan fingerprint density at radius 3 is 2.73 bits per heavy atom. The summed E-state index contributed by atoms with van der Waals surface area (Å²) in [7, 11) is 0. The number of thioether (sulfide) groups is 1. The van der Waals surface area contributed by atoms with Gasteiger partial charge >= 0.3 is 0 Å². The number of nitrogens with zero attached hydrogens (tertiary/aromatic N) is 2. The molecule has 0 bridgehead atoms. The van der Waals surface area contributed by atoms with Gasteiger partial charge in [0, 0.05) is 16.9 Å². The lowest BCUT2D eigenvalue weighted by Crippen LogP contribution is -2.06. The largest absolute Gasteiger partial charge is 0.377 e. The lowest BCUT2D eigenvalue weighted by molar-refractivity contribution is 0.625. The molecule has 3 nitrogen and oxygen atoms in total. The van der Waals surface area contributed by atoms with Gasteiger partial charge in [0.05, 0.1) is 6.21 Å². The minimum Gasteiger partial charge on any atom is -0.377 e. The molecular weight excluding hydrogens is 297 g/mol. The molecule has 0 unspecified atom stereocenters. The maximum absolute atomic E-state index is 13.7. The molecule has 0 saturated heterocycles. The molecule has 0 aliphatic carbocycles. The summed E-state index contributed by atoms with van der Waals surface area (Å²) in [6, 6.07) is 14.4. The zero-order valence-electron chi connectivity index (χ0n) is 11.7. The van der Waals surface area contributed by atoms with Crippen molar-refractivity contribution in [2.45, 2.75) is 5.75 Å². The zero-order valence-corrected chi connectivity index (χ0v) is 12.6. The van der Waals surface area contributed by atoms with Gasteiger partial charge in [-0.25, -0.2) is 4.39 Å². The van der Waals surface area contributed by atoms with E-state index in [2.05, 4.69) is 16.1 Å². The van der Waals surface area contributed by atoms with Crippen molar-refractivity contribution in [3.63, 3.8) is 0 Å². The number of benzene rings is 2. The summed E-state index contributed by atoms with van der Waals surface area (Å²) >= 11 is 1.36. The van der Waals surface area contributed by atoms with Gasteiger partial charge in [0.1, 0.15) is 5.82 Å². The molecule has 0 aliphatic rings. The minimum absolute atomic E-state index is 0.231. The van der Waals surface area contributed by atoms with Crippen LogP contribution in [0.15, 0.2) is 58.7 Å². The Kier molecular flexibility index (Phi) is 5.75. The monoisotopic (exact) mass is 311 g/mol. The first kappa shape index (κ1) is 15.8. The predicted octanol–water partition coefficient (Wildman–Crippen LogP) is 3.39. The molecular formula is C17H14FN3S. The van der Waals surface area contributed by atoms with Crippen molar-refractivity contribution in [3.05, 3.63) is 71.0 Å². The van der Waals surface area contributed by atoms with Crippen LogP contribution in [0, 0.1) is 18.2 Å². The van der Waals surface area contributed by atoms with Crippen LogP contribution in [-0.4, -0.2) is 11.4 Å². The number of rotatable bonds is 4. The van der Waals surface area contributed by atoms with Crippen LogP contribution in [0.3, 0.4) is 0 Å². The summed E-state index contributed by atoms with van der Waals surface area (Å²) < 4.78 is 13.7. The quantitative estimate of drug-likeness (QED) is 0.407. The third kappa shape index (κ3) is 4.47. The van der Waals surface area contributed by atoms with Crippen molar-refractivity contribution in [3.8, 4) is 12.3 Å². The minimum atomic E-state index is -0.440. The molecule has 0 fully saturated rings. The molecule has 2 aromatic rings. The molecule has 0 radical (unpaired) electrons. The average molecular weight is 311 g/mol. The highest BCUT2D eigenvalue weighted by molar-refractivity contribution is 8.13. The highest BCUT2D eigenvalue weighted by Crippen LogP contribution is 2.12. The summed E-state index contributed by atoms with van der Waals surface area (Å²) in [5.74, 6) is 2.66. The second-order valence-corrected chi connectivity index (χ2v) is 5.30. The van der Waals surface area contributed by atoms with Crippen molar-refractivity contribution in [2.24, 2.45) is 15.9 Å². The number of nitrogens with two attached hydrogens (primary N) is 1. The van der Waals surface area contributed by atoms with Gasteiger partial charge in [-0.3, -0.25) is 0 Å². The van der Waals surface area contributed by atoms with Gasteiger partial charge in [0.15, 0.2) is 5.17 Å². The molecule has 5 heteroatoms. The lowest BCUT2D eigenvalue weighted by atomic mass is 10.1. The van der Waals surface area contributed by atoms with Gasteiger partial charge in [-0.05, 0) is 17.7 Å². The normalized spacial score (nSPS) is 11.5. The molecule has 2 rings (SSSR count). The molecule has 0 spiro atoms. The lowest BCUT2D eigenvalue weighted by Gasteiger charge is -2.00. The summed E-state index contributed by atoms with van der Waals surface area (Å²) in [6.07, 6.45) is 6.60. The van der Waals surface area contributed by atoms with Gasteiger partial charge in [0.2, 0.25) is 0 Å². The van der Waals surface area contributed by atoms with Crippen molar-refractivity contribution >= 4 is 23.1 Å². The fourth-order valence-corrected chi connectivity index (χ4v) is 2.31. The van der Waals surface area contributed by atoms with E-state index < -0.39 is 5.82 Å². The first-order chi connectivity index (χ1) is 10.7. The Balaban J connectivity index is 2.00. The molecule has 0 atom stereocenters. The third-order valence-electron chi connectivity index (χ3n) is 2.78. The van der Waals surface area contributed by atoms with E-state index in [4.69, 9.17) is 12.2 Å². The van der Waals surface area contributed by atoms with E-state index >= 15 is 0 Å². The molecule has 2 aromatic carbocycles. The van der Waals surface area contributed by atoms with E-state index in [-0.39, 0.29) is 5.56 Å². The maximum atomic E-state index is 13.7. The van der Waals surface area contributed by atoms with Crippen LogP contribution < -0.4 is 5.73 Å². The van der Waals surface area contributed by atoms with E-state index in [1.54, 1.807) is 12.1 Å². The van der Waals surface area contributed by atoms with E-state index in [0.717, 1.165) is 5.56 Å². The Morgan fingerprint density at radius 1 is 1.23 bits per heavy atom.